The number of aromatic nitrogens is 2. The second-order valence-electron chi connectivity index (χ2n) is 6.59. The number of ether oxygens (including phenoxy) is 2. The summed E-state index contributed by atoms with van der Waals surface area (Å²) in [5.74, 6) is -2.35. The SMILES string of the molecule is O=C([O-])CCC(=S)Oc1nc2ccccc2o1.O=C([O-])CCC(=S)Oc1nc2ccccc2o1.[Zn+2]. The van der Waals surface area contributed by atoms with E-state index in [1.807, 2.05) is 24.3 Å². The molecule has 0 bridgehead atoms. The first kappa shape index (κ1) is 28.0. The molecule has 0 amide bonds. The number of carbonyl (C=O) groups is 2. The summed E-state index contributed by atoms with van der Waals surface area (Å²) in [4.78, 5) is 28.5. The summed E-state index contributed by atoms with van der Waals surface area (Å²) in [5.41, 5.74) is 2.49. The summed E-state index contributed by atoms with van der Waals surface area (Å²) in [6.45, 7) is 0. The van der Waals surface area contributed by atoms with Crippen molar-refractivity contribution in [3.8, 4) is 12.2 Å². The van der Waals surface area contributed by atoms with Crippen LogP contribution < -0.4 is 19.7 Å². The minimum Gasteiger partial charge on any atom is -0.550 e. The van der Waals surface area contributed by atoms with Crippen LogP contribution >= 0.6 is 24.4 Å². The zero-order valence-corrected chi connectivity index (χ0v) is 22.7. The Morgan fingerprint density at radius 2 is 1.09 bits per heavy atom. The quantitative estimate of drug-likeness (QED) is 0.227. The molecule has 13 heteroatoms. The third-order valence-corrected chi connectivity index (χ3v) is 4.59. The van der Waals surface area contributed by atoms with Crippen LogP contribution in [0.4, 0.5) is 0 Å². The summed E-state index contributed by atoms with van der Waals surface area (Å²) in [5, 5.41) is 20.7. The Kier molecular flexibility index (Phi) is 10.8. The fraction of sp³-hybridized carbons (Fsp3) is 0.182. The van der Waals surface area contributed by atoms with Crippen LogP contribution in [0.3, 0.4) is 0 Å². The number of fused-ring (bicyclic) bond motifs is 2. The minimum atomic E-state index is -1.17. The molecule has 4 rings (SSSR count). The van der Waals surface area contributed by atoms with Gasteiger partial charge in [-0.2, -0.15) is 9.97 Å². The molecule has 0 aliphatic carbocycles. The van der Waals surface area contributed by atoms with Crippen molar-refractivity contribution >= 4 is 68.7 Å². The van der Waals surface area contributed by atoms with Gasteiger partial charge in [-0.15, -0.1) is 0 Å². The molecular weight excluding hydrogens is 550 g/mol. The smallest absolute Gasteiger partial charge is 0.550 e. The second-order valence-corrected chi connectivity index (χ2v) is 7.50. The van der Waals surface area contributed by atoms with Crippen LogP contribution in [-0.4, -0.2) is 32.0 Å². The Morgan fingerprint density at radius 1 is 0.714 bits per heavy atom. The van der Waals surface area contributed by atoms with Gasteiger partial charge in [-0.3, -0.25) is 0 Å². The summed E-state index contributed by atoms with van der Waals surface area (Å²) >= 11 is 9.69. The molecule has 0 aliphatic heterocycles. The van der Waals surface area contributed by atoms with Crippen LogP contribution in [0.25, 0.3) is 22.2 Å². The van der Waals surface area contributed by atoms with Gasteiger partial charge in [0.15, 0.2) is 21.3 Å². The van der Waals surface area contributed by atoms with Crippen LogP contribution in [0.15, 0.2) is 57.4 Å². The predicted molar refractivity (Wildman–Crippen MR) is 123 cm³/mol. The van der Waals surface area contributed by atoms with E-state index in [1.54, 1.807) is 24.3 Å². The monoisotopic (exact) mass is 564 g/mol. The number of carbonyl (C=O) groups excluding carboxylic acids is 2. The molecule has 0 unspecified atom stereocenters. The maximum Gasteiger partial charge on any atom is 2.00 e. The number of nitrogens with zero attached hydrogens (tertiary/aromatic N) is 2. The van der Waals surface area contributed by atoms with Gasteiger partial charge in [0.1, 0.15) is 11.0 Å². The topological polar surface area (TPSA) is 151 Å². The standard InChI is InChI=1S/2C11H9NO4S.Zn/c2*13-9(14)5-6-10(17)16-11-12-7-3-1-2-4-8(7)15-11;/h2*1-4H,5-6H2,(H,13,14);/q;;+2/p-2. The second kappa shape index (κ2) is 13.6. The molecule has 0 saturated carbocycles. The van der Waals surface area contributed by atoms with E-state index >= 15 is 0 Å². The zero-order chi connectivity index (χ0) is 24.5. The van der Waals surface area contributed by atoms with Crippen molar-refractivity contribution in [2.24, 2.45) is 0 Å². The average molecular weight is 566 g/mol. The summed E-state index contributed by atoms with van der Waals surface area (Å²) in [6.07, 6.45) is -0.130. The van der Waals surface area contributed by atoms with E-state index in [-0.39, 0.29) is 67.4 Å². The maximum atomic E-state index is 10.2. The van der Waals surface area contributed by atoms with Gasteiger partial charge in [0, 0.05) is 24.8 Å². The van der Waals surface area contributed by atoms with Gasteiger partial charge in [0.05, 0.1) is 0 Å². The maximum absolute atomic E-state index is 10.2. The number of para-hydroxylation sites is 4. The fourth-order valence-corrected chi connectivity index (χ4v) is 2.84. The van der Waals surface area contributed by atoms with Gasteiger partial charge in [-0.1, -0.05) is 24.3 Å². The first-order valence-corrected chi connectivity index (χ1v) is 10.6. The van der Waals surface area contributed by atoms with Crippen molar-refractivity contribution in [2.45, 2.75) is 25.7 Å². The largest absolute Gasteiger partial charge is 2.00 e. The number of rotatable bonds is 8. The number of hydrogen-bond donors (Lipinski definition) is 0. The Balaban J connectivity index is 0.000000240. The molecule has 35 heavy (non-hydrogen) atoms. The van der Waals surface area contributed by atoms with Crippen molar-refractivity contribution < 1.29 is 57.6 Å². The van der Waals surface area contributed by atoms with Crippen molar-refractivity contribution in [3.05, 3.63) is 48.5 Å². The molecule has 2 heterocycles. The van der Waals surface area contributed by atoms with Gasteiger partial charge >= 0.3 is 31.6 Å². The summed E-state index contributed by atoms with van der Waals surface area (Å²) < 4.78 is 20.7. The van der Waals surface area contributed by atoms with E-state index in [1.165, 1.54) is 0 Å². The zero-order valence-electron chi connectivity index (χ0n) is 18.1. The van der Waals surface area contributed by atoms with Gasteiger partial charge in [-0.25, -0.2) is 0 Å². The number of carboxylic acid groups (broad SMARTS) is 2. The number of oxazole rings is 2. The molecule has 0 spiro atoms. The molecule has 176 valence electrons. The van der Waals surface area contributed by atoms with E-state index in [0.29, 0.717) is 22.2 Å². The molecule has 0 radical (unpaired) electrons. The van der Waals surface area contributed by atoms with Crippen molar-refractivity contribution in [3.63, 3.8) is 0 Å². The molecular formula is C22H16N2O8S2Zn. The van der Waals surface area contributed by atoms with Crippen molar-refractivity contribution in [1.29, 1.82) is 0 Å². The first-order chi connectivity index (χ1) is 16.3. The van der Waals surface area contributed by atoms with E-state index in [0.717, 1.165) is 0 Å². The Morgan fingerprint density at radius 3 is 1.43 bits per heavy atom. The molecule has 4 aromatic rings. The van der Waals surface area contributed by atoms with Gasteiger partial charge in [-0.05, 0) is 61.5 Å². The summed E-state index contributed by atoms with van der Waals surface area (Å²) in [6, 6.07) is 14.3. The van der Waals surface area contributed by atoms with Crippen molar-refractivity contribution in [1.82, 2.24) is 9.97 Å². The van der Waals surface area contributed by atoms with Crippen molar-refractivity contribution in [2.75, 3.05) is 0 Å². The van der Waals surface area contributed by atoms with Crippen LogP contribution in [0.1, 0.15) is 25.7 Å². The van der Waals surface area contributed by atoms with Crippen LogP contribution in [0.2, 0.25) is 0 Å². The van der Waals surface area contributed by atoms with Crippen LogP contribution in [0, 0.1) is 0 Å². The third-order valence-electron chi connectivity index (χ3n) is 4.02. The first-order valence-electron chi connectivity index (χ1n) is 9.82. The molecule has 0 N–H and O–H groups in total. The Labute approximate surface area is 222 Å². The molecule has 10 nitrogen and oxygen atoms in total. The number of benzene rings is 2. The number of carboxylic acids is 2. The van der Waals surface area contributed by atoms with E-state index in [9.17, 15) is 19.8 Å². The van der Waals surface area contributed by atoms with E-state index in [4.69, 9.17) is 42.7 Å². The molecule has 2 aromatic heterocycles. The molecule has 2 aromatic carbocycles. The number of hydrogen-bond acceptors (Lipinski definition) is 12. The third kappa shape index (κ3) is 9.12. The van der Waals surface area contributed by atoms with Crippen LogP contribution in [-0.2, 0) is 29.1 Å². The van der Waals surface area contributed by atoms with Crippen LogP contribution in [0.5, 0.6) is 12.2 Å². The van der Waals surface area contributed by atoms with E-state index in [2.05, 4.69) is 9.97 Å². The summed E-state index contributed by atoms with van der Waals surface area (Å²) in [7, 11) is 0. The van der Waals surface area contributed by atoms with Gasteiger partial charge in [0.2, 0.25) is 0 Å². The van der Waals surface area contributed by atoms with Gasteiger partial charge in [0.25, 0.3) is 0 Å². The average Bonchev–Trinajstić information content (AvgIpc) is 3.39. The normalized spacial score (nSPS) is 10.1. The molecule has 0 atom stereocenters. The predicted octanol–water partition coefficient (Wildman–Crippen LogP) is 2.13. The molecule has 0 fully saturated rings. The van der Waals surface area contributed by atoms with E-state index < -0.39 is 11.9 Å². The minimum absolute atomic E-state index is 0. The fourth-order valence-electron chi connectivity index (χ4n) is 2.49. The number of thiocarbonyl (C=S) groups is 2. The number of aliphatic carboxylic acids is 2. The Bertz CT molecular complexity index is 1170. The molecule has 0 aliphatic rings. The molecule has 0 saturated heterocycles. The van der Waals surface area contributed by atoms with Gasteiger partial charge < -0.3 is 38.1 Å². The Hall–Kier alpha value is -3.28.